The normalized spacial score (nSPS) is 12.5. The lowest BCUT2D eigenvalue weighted by molar-refractivity contribution is 0.111. The molecule has 0 saturated heterocycles. The number of benzene rings is 1. The van der Waals surface area contributed by atoms with Crippen molar-refractivity contribution in [3.8, 4) is 5.69 Å². The molecule has 0 aliphatic heterocycles. The molecule has 2 aromatic rings. The zero-order chi connectivity index (χ0) is 13.5. The average molecular weight is 260 g/mol. The highest BCUT2D eigenvalue weighted by Crippen LogP contribution is 2.13. The molecule has 0 radical (unpaired) electrons. The van der Waals surface area contributed by atoms with Crippen molar-refractivity contribution < 1.29 is 4.74 Å². The first-order chi connectivity index (χ1) is 9.35. The van der Waals surface area contributed by atoms with Gasteiger partial charge in [-0.2, -0.15) is 5.10 Å². The molecule has 0 amide bonds. The van der Waals surface area contributed by atoms with E-state index in [1.165, 1.54) is 0 Å². The second kappa shape index (κ2) is 7.04. The predicted octanol–water partition coefficient (Wildman–Crippen LogP) is 1.80. The highest BCUT2D eigenvalue weighted by Gasteiger charge is 2.13. The van der Waals surface area contributed by atoms with Gasteiger partial charge in [-0.15, -0.1) is 0 Å². The Balaban J connectivity index is 2.06. The van der Waals surface area contributed by atoms with Gasteiger partial charge in [0.25, 0.3) is 0 Å². The van der Waals surface area contributed by atoms with Gasteiger partial charge in [0.2, 0.25) is 0 Å². The summed E-state index contributed by atoms with van der Waals surface area (Å²) in [4.78, 5) is 0. The van der Waals surface area contributed by atoms with E-state index < -0.39 is 0 Å². The van der Waals surface area contributed by atoms with Gasteiger partial charge in [-0.1, -0.05) is 25.1 Å². The number of rotatable bonds is 7. The summed E-state index contributed by atoms with van der Waals surface area (Å²) in [7, 11) is 0. The fourth-order valence-electron chi connectivity index (χ4n) is 1.81. The Morgan fingerprint density at radius 1 is 1.32 bits per heavy atom. The van der Waals surface area contributed by atoms with Crippen LogP contribution in [0.5, 0.6) is 0 Å². The second-order valence-corrected chi connectivity index (χ2v) is 4.31. The van der Waals surface area contributed by atoms with Gasteiger partial charge in [0.15, 0.2) is 0 Å². The first kappa shape index (κ1) is 13.7. The summed E-state index contributed by atoms with van der Waals surface area (Å²) in [5, 5.41) is 4.52. The monoisotopic (exact) mass is 260 g/mol. The number of hydrogen-bond donors (Lipinski definition) is 2. The van der Waals surface area contributed by atoms with Gasteiger partial charge in [-0.3, -0.25) is 5.84 Å². The molecule has 0 aliphatic carbocycles. The molecule has 5 heteroatoms. The number of hydrazine groups is 1. The standard InChI is InChI=1S/C14H20N4O/c1-2-10-19-11-14(16-15)13-8-9-18(17-13)12-6-4-3-5-7-12/h3-9,14,16H,2,10-11,15H2,1H3. The number of hydrogen-bond acceptors (Lipinski definition) is 4. The molecule has 1 aromatic heterocycles. The molecule has 0 bridgehead atoms. The summed E-state index contributed by atoms with van der Waals surface area (Å²) in [6.45, 7) is 3.34. The largest absolute Gasteiger partial charge is 0.379 e. The highest BCUT2D eigenvalue weighted by molar-refractivity contribution is 5.30. The van der Waals surface area contributed by atoms with E-state index in [9.17, 15) is 0 Å². The SMILES string of the molecule is CCCOCC(NN)c1ccn(-c2ccccc2)n1. The number of ether oxygens (including phenoxy) is 1. The second-order valence-electron chi connectivity index (χ2n) is 4.31. The smallest absolute Gasteiger partial charge is 0.0883 e. The zero-order valence-corrected chi connectivity index (χ0v) is 11.1. The van der Waals surface area contributed by atoms with Gasteiger partial charge in [0.05, 0.1) is 24.0 Å². The highest BCUT2D eigenvalue weighted by atomic mass is 16.5. The van der Waals surface area contributed by atoms with E-state index in [0.717, 1.165) is 24.4 Å². The summed E-state index contributed by atoms with van der Waals surface area (Å²) in [5.74, 6) is 5.56. The number of nitrogens with zero attached hydrogens (tertiary/aromatic N) is 2. The van der Waals surface area contributed by atoms with Crippen LogP contribution in [0.2, 0.25) is 0 Å². The lowest BCUT2D eigenvalue weighted by Gasteiger charge is -2.13. The molecule has 0 fully saturated rings. The van der Waals surface area contributed by atoms with E-state index >= 15 is 0 Å². The van der Waals surface area contributed by atoms with Crippen LogP contribution in [0.25, 0.3) is 5.69 Å². The van der Waals surface area contributed by atoms with Crippen LogP contribution in [-0.4, -0.2) is 23.0 Å². The number of para-hydroxylation sites is 1. The number of aromatic nitrogens is 2. The molecule has 19 heavy (non-hydrogen) atoms. The van der Waals surface area contributed by atoms with Crippen LogP contribution in [0, 0.1) is 0 Å². The van der Waals surface area contributed by atoms with Crippen molar-refractivity contribution in [1.29, 1.82) is 0 Å². The van der Waals surface area contributed by atoms with Gasteiger partial charge >= 0.3 is 0 Å². The van der Waals surface area contributed by atoms with Crippen LogP contribution in [0.15, 0.2) is 42.6 Å². The first-order valence-corrected chi connectivity index (χ1v) is 6.50. The molecular weight excluding hydrogens is 240 g/mol. The Hall–Kier alpha value is -1.69. The predicted molar refractivity (Wildman–Crippen MR) is 74.7 cm³/mol. The molecule has 0 saturated carbocycles. The van der Waals surface area contributed by atoms with Crippen molar-refractivity contribution in [1.82, 2.24) is 15.2 Å². The van der Waals surface area contributed by atoms with E-state index in [0.29, 0.717) is 6.61 Å². The maximum atomic E-state index is 5.56. The Bertz CT molecular complexity index is 483. The quantitative estimate of drug-likeness (QED) is 0.452. The summed E-state index contributed by atoms with van der Waals surface area (Å²) in [5.41, 5.74) is 4.65. The third-order valence-corrected chi connectivity index (χ3v) is 2.82. The Morgan fingerprint density at radius 3 is 2.79 bits per heavy atom. The van der Waals surface area contributed by atoms with Gasteiger partial charge in [-0.25, -0.2) is 10.1 Å². The minimum atomic E-state index is -0.0866. The van der Waals surface area contributed by atoms with Crippen LogP contribution in [0.4, 0.5) is 0 Å². The molecule has 1 unspecified atom stereocenters. The third-order valence-electron chi connectivity index (χ3n) is 2.82. The molecule has 5 nitrogen and oxygen atoms in total. The molecular formula is C14H20N4O. The van der Waals surface area contributed by atoms with Crippen molar-refractivity contribution in [2.45, 2.75) is 19.4 Å². The van der Waals surface area contributed by atoms with E-state index in [1.54, 1.807) is 0 Å². The molecule has 3 N–H and O–H groups in total. The van der Waals surface area contributed by atoms with Crippen LogP contribution < -0.4 is 11.3 Å². The van der Waals surface area contributed by atoms with Crippen LogP contribution in [0.3, 0.4) is 0 Å². The first-order valence-electron chi connectivity index (χ1n) is 6.50. The molecule has 0 aliphatic rings. The Labute approximate surface area is 113 Å². The van der Waals surface area contributed by atoms with E-state index in [1.807, 2.05) is 47.3 Å². The minimum absolute atomic E-state index is 0.0866. The van der Waals surface area contributed by atoms with Gasteiger partial charge in [0.1, 0.15) is 0 Å². The Morgan fingerprint density at radius 2 is 2.11 bits per heavy atom. The maximum absolute atomic E-state index is 5.56. The topological polar surface area (TPSA) is 65.1 Å². The zero-order valence-electron chi connectivity index (χ0n) is 11.1. The number of nitrogens with one attached hydrogen (secondary N) is 1. The van der Waals surface area contributed by atoms with Crippen molar-refractivity contribution in [2.24, 2.45) is 5.84 Å². The molecule has 1 aromatic carbocycles. The molecule has 1 atom stereocenters. The summed E-state index contributed by atoms with van der Waals surface area (Å²) < 4.78 is 7.35. The maximum Gasteiger partial charge on any atom is 0.0883 e. The summed E-state index contributed by atoms with van der Waals surface area (Å²) in [6, 6.07) is 11.8. The van der Waals surface area contributed by atoms with Crippen molar-refractivity contribution in [3.05, 3.63) is 48.3 Å². The molecule has 102 valence electrons. The Kier molecular flexibility index (Phi) is 5.09. The lowest BCUT2D eigenvalue weighted by Crippen LogP contribution is -2.32. The van der Waals surface area contributed by atoms with Gasteiger partial charge < -0.3 is 4.74 Å². The van der Waals surface area contributed by atoms with Crippen LogP contribution >= 0.6 is 0 Å². The van der Waals surface area contributed by atoms with Crippen molar-refractivity contribution in [2.75, 3.05) is 13.2 Å². The molecule has 1 heterocycles. The third kappa shape index (κ3) is 3.64. The van der Waals surface area contributed by atoms with Gasteiger partial charge in [-0.05, 0) is 24.6 Å². The van der Waals surface area contributed by atoms with Crippen molar-refractivity contribution in [3.63, 3.8) is 0 Å². The summed E-state index contributed by atoms with van der Waals surface area (Å²) in [6.07, 6.45) is 2.92. The van der Waals surface area contributed by atoms with Gasteiger partial charge in [0, 0.05) is 12.8 Å². The summed E-state index contributed by atoms with van der Waals surface area (Å²) >= 11 is 0. The van der Waals surface area contributed by atoms with Crippen LogP contribution in [-0.2, 0) is 4.74 Å². The van der Waals surface area contributed by atoms with E-state index in [4.69, 9.17) is 10.6 Å². The average Bonchev–Trinajstić information content (AvgIpc) is 2.94. The minimum Gasteiger partial charge on any atom is -0.379 e. The van der Waals surface area contributed by atoms with E-state index in [-0.39, 0.29) is 6.04 Å². The number of nitrogens with two attached hydrogens (primary N) is 1. The molecule has 0 spiro atoms. The lowest BCUT2D eigenvalue weighted by atomic mass is 10.2. The van der Waals surface area contributed by atoms with Crippen LogP contribution in [0.1, 0.15) is 25.1 Å². The van der Waals surface area contributed by atoms with Crippen molar-refractivity contribution >= 4 is 0 Å². The van der Waals surface area contributed by atoms with E-state index in [2.05, 4.69) is 17.4 Å². The molecule has 2 rings (SSSR count). The fraction of sp³-hybridized carbons (Fsp3) is 0.357. The fourth-order valence-corrected chi connectivity index (χ4v) is 1.81.